The number of amides is 4. The van der Waals surface area contributed by atoms with Crippen molar-refractivity contribution in [2.24, 2.45) is 0 Å². The highest BCUT2D eigenvalue weighted by molar-refractivity contribution is 7.99. The van der Waals surface area contributed by atoms with E-state index in [1.54, 1.807) is 82.5 Å². The second-order valence-electron chi connectivity index (χ2n) is 14.3. The Morgan fingerprint density at radius 1 is 0.860 bits per heavy atom. The first-order valence-electron chi connectivity index (χ1n) is 17.0. The van der Waals surface area contributed by atoms with Crippen molar-refractivity contribution in [2.75, 3.05) is 24.7 Å². The molecule has 1 heterocycles. The Morgan fingerprint density at radius 2 is 1.50 bits per heavy atom. The van der Waals surface area contributed by atoms with Crippen LogP contribution < -0.4 is 16.0 Å². The molecule has 0 radical (unpaired) electrons. The van der Waals surface area contributed by atoms with Gasteiger partial charge < -0.3 is 35.4 Å². The van der Waals surface area contributed by atoms with Crippen molar-refractivity contribution in [3.8, 4) is 0 Å². The maximum atomic E-state index is 13.3. The lowest BCUT2D eigenvalue weighted by Gasteiger charge is -2.26. The van der Waals surface area contributed by atoms with Crippen LogP contribution in [0.1, 0.15) is 82.3 Å². The van der Waals surface area contributed by atoms with Crippen LogP contribution >= 0.6 is 11.8 Å². The van der Waals surface area contributed by atoms with Gasteiger partial charge in [-0.05, 0) is 90.5 Å². The van der Waals surface area contributed by atoms with Gasteiger partial charge >= 0.3 is 12.2 Å². The Bertz CT molecular complexity index is 1450. The van der Waals surface area contributed by atoms with Gasteiger partial charge in [0.1, 0.15) is 23.3 Å². The number of unbranched alkanes of at least 4 members (excludes halogenated alkanes) is 1. The molecule has 0 unspecified atom stereocenters. The average Bonchev–Trinajstić information content (AvgIpc) is 3.57. The number of hydrogen-bond acceptors (Lipinski definition) is 9. The van der Waals surface area contributed by atoms with Gasteiger partial charge in [-0.15, -0.1) is 11.8 Å². The fourth-order valence-electron chi connectivity index (χ4n) is 5.21. The van der Waals surface area contributed by atoms with Gasteiger partial charge in [-0.3, -0.25) is 14.4 Å². The van der Waals surface area contributed by atoms with Crippen LogP contribution in [0.5, 0.6) is 0 Å². The summed E-state index contributed by atoms with van der Waals surface area (Å²) in [7, 11) is 0. The molecule has 0 aromatic heterocycles. The molecule has 0 bridgehead atoms. The van der Waals surface area contributed by atoms with Crippen LogP contribution in [0, 0.1) is 0 Å². The molecule has 1 aliphatic heterocycles. The number of thioether (sulfide) groups is 1. The van der Waals surface area contributed by atoms with Crippen LogP contribution in [0.15, 0.2) is 54.6 Å². The molecule has 2 aromatic carbocycles. The lowest BCUT2D eigenvalue weighted by Crippen LogP contribution is -2.50. The van der Waals surface area contributed by atoms with E-state index in [0.29, 0.717) is 49.4 Å². The summed E-state index contributed by atoms with van der Waals surface area (Å²) in [6.07, 6.45) is -1.32. The number of nitrogens with one attached hydrogen (secondary N) is 3. The second kappa shape index (κ2) is 18.8. The van der Waals surface area contributed by atoms with Gasteiger partial charge in [0.05, 0.1) is 11.9 Å². The summed E-state index contributed by atoms with van der Waals surface area (Å²) in [5.74, 6) is 0.446. The number of aliphatic hydroxyl groups is 1. The van der Waals surface area contributed by atoms with Crippen molar-refractivity contribution < 1.29 is 38.6 Å². The number of hydrogen-bond donors (Lipinski definition) is 4. The minimum atomic E-state index is -1.52. The van der Waals surface area contributed by atoms with Gasteiger partial charge in [-0.1, -0.05) is 42.5 Å². The number of carbonyl (C=O) groups excluding carboxylic acids is 5. The van der Waals surface area contributed by atoms with Crippen LogP contribution in [0.3, 0.4) is 0 Å². The Hall–Kier alpha value is -4.10. The van der Waals surface area contributed by atoms with Crippen molar-refractivity contribution in [1.29, 1.82) is 0 Å². The maximum Gasteiger partial charge on any atom is 0.408 e. The molecule has 3 rings (SSSR count). The van der Waals surface area contributed by atoms with E-state index in [1.165, 1.54) is 0 Å². The summed E-state index contributed by atoms with van der Waals surface area (Å²) in [5, 5.41) is 19.3. The van der Waals surface area contributed by atoms with Crippen LogP contribution in [0.25, 0.3) is 0 Å². The molecule has 1 fully saturated rings. The van der Waals surface area contributed by atoms with Gasteiger partial charge in [0, 0.05) is 30.8 Å². The predicted octanol–water partition coefficient (Wildman–Crippen LogP) is 4.62. The number of nitrogens with zero attached hydrogens (tertiary/aromatic N) is 1. The van der Waals surface area contributed by atoms with E-state index in [-0.39, 0.29) is 24.7 Å². The monoisotopic (exact) mass is 712 g/mol. The fraction of sp³-hybridized carbons (Fsp3) is 0.541. The van der Waals surface area contributed by atoms with Crippen molar-refractivity contribution in [3.05, 3.63) is 71.3 Å². The topological polar surface area (TPSA) is 163 Å². The third-order valence-corrected chi connectivity index (χ3v) is 8.50. The molecule has 50 heavy (non-hydrogen) atoms. The third-order valence-electron chi connectivity index (χ3n) is 7.54. The zero-order valence-corrected chi connectivity index (χ0v) is 30.8. The van der Waals surface area contributed by atoms with E-state index in [0.717, 1.165) is 11.3 Å². The summed E-state index contributed by atoms with van der Waals surface area (Å²) in [4.78, 5) is 66.0. The van der Waals surface area contributed by atoms with E-state index in [4.69, 9.17) is 9.47 Å². The molecule has 274 valence electrons. The normalized spacial score (nSPS) is 15.0. The molecule has 1 saturated heterocycles. The van der Waals surface area contributed by atoms with E-state index < -0.39 is 47.4 Å². The van der Waals surface area contributed by atoms with Gasteiger partial charge in [-0.2, -0.15) is 0 Å². The first kappa shape index (κ1) is 40.3. The first-order chi connectivity index (χ1) is 23.5. The van der Waals surface area contributed by atoms with Crippen LogP contribution in [-0.2, 0) is 31.9 Å². The minimum absolute atomic E-state index is 0.145. The molecular weight excluding hydrogens is 660 g/mol. The summed E-state index contributed by atoms with van der Waals surface area (Å²) in [6.45, 7) is 11.4. The quantitative estimate of drug-likeness (QED) is 0.193. The van der Waals surface area contributed by atoms with Gasteiger partial charge in [0.2, 0.25) is 5.91 Å². The summed E-state index contributed by atoms with van der Waals surface area (Å²) in [6, 6.07) is 14.1. The third kappa shape index (κ3) is 14.4. The van der Waals surface area contributed by atoms with E-state index in [1.807, 2.05) is 30.3 Å². The zero-order chi connectivity index (χ0) is 36.9. The number of aliphatic hydroxyl groups excluding tert-OH is 1. The fourth-order valence-corrected chi connectivity index (χ4v) is 6.17. The number of carbonyl (C=O) groups is 5. The van der Waals surface area contributed by atoms with Crippen LogP contribution in [-0.4, -0.2) is 93.9 Å². The van der Waals surface area contributed by atoms with E-state index >= 15 is 0 Å². The lowest BCUT2D eigenvalue weighted by molar-refractivity contribution is -0.132. The smallest absolute Gasteiger partial charge is 0.408 e. The zero-order valence-electron chi connectivity index (χ0n) is 30.0. The van der Waals surface area contributed by atoms with Crippen molar-refractivity contribution in [1.82, 2.24) is 20.9 Å². The standard InChI is InChI=1S/C37H52N4O8S/c1-36(2,3)48-34(46)39-28(33(45)41-19-20-50-24-41)17-10-11-18-38-32(44)27-16-12-15-26(21-27)23-30(42)31(43)29(22-25-13-8-7-9-14-25)40-35(47)49-37(4,5)6/h7-9,12-16,21,28-29,31,43H,10-11,17-20,22-24H2,1-6H3,(H,38,44)(H,39,46)(H,40,47)/t28-,29+,31-/m0/s1. The molecule has 4 amide bonds. The van der Waals surface area contributed by atoms with E-state index in [9.17, 15) is 29.1 Å². The molecule has 2 aromatic rings. The number of ketones is 1. The SMILES string of the molecule is CC(C)(C)OC(=O)N[C@@H](CCCCNC(=O)c1cccc(CC(=O)[C@@H](O)[C@@H](Cc2ccccc2)NC(=O)OC(C)(C)C)c1)C(=O)N1CCSC1. The van der Waals surface area contributed by atoms with Crippen molar-refractivity contribution >= 4 is 41.5 Å². The highest BCUT2D eigenvalue weighted by Gasteiger charge is 2.31. The summed E-state index contributed by atoms with van der Waals surface area (Å²) >= 11 is 1.66. The highest BCUT2D eigenvalue weighted by atomic mass is 32.2. The first-order valence-corrected chi connectivity index (χ1v) is 18.1. The number of Topliss-reactive ketones (excluding diaryl/α,β-unsaturated/α-hetero) is 1. The molecule has 3 atom stereocenters. The number of benzene rings is 2. The van der Waals surface area contributed by atoms with Gasteiger partial charge in [0.15, 0.2) is 5.78 Å². The van der Waals surface area contributed by atoms with Crippen LogP contribution in [0.2, 0.25) is 0 Å². The van der Waals surface area contributed by atoms with Gasteiger partial charge in [0.25, 0.3) is 5.91 Å². The average molecular weight is 713 g/mol. The molecular formula is C37H52N4O8S. The molecule has 13 heteroatoms. The lowest BCUT2D eigenvalue weighted by atomic mass is 9.95. The number of ether oxygens (including phenoxy) is 2. The van der Waals surface area contributed by atoms with E-state index in [2.05, 4.69) is 16.0 Å². The molecule has 0 saturated carbocycles. The molecule has 4 N–H and O–H groups in total. The van der Waals surface area contributed by atoms with Crippen molar-refractivity contribution in [2.45, 2.75) is 103 Å². The Balaban J connectivity index is 1.54. The summed E-state index contributed by atoms with van der Waals surface area (Å²) in [5.41, 5.74) is 0.256. The number of alkyl carbamates (subject to hydrolysis) is 2. The largest absolute Gasteiger partial charge is 0.444 e. The number of rotatable bonds is 15. The molecule has 1 aliphatic rings. The minimum Gasteiger partial charge on any atom is -0.444 e. The predicted molar refractivity (Wildman–Crippen MR) is 193 cm³/mol. The highest BCUT2D eigenvalue weighted by Crippen LogP contribution is 2.18. The molecule has 0 spiro atoms. The second-order valence-corrected chi connectivity index (χ2v) is 15.4. The Kier molecular flexibility index (Phi) is 15.1. The maximum absolute atomic E-state index is 13.3. The Labute approximate surface area is 299 Å². The van der Waals surface area contributed by atoms with Crippen LogP contribution in [0.4, 0.5) is 9.59 Å². The Morgan fingerprint density at radius 3 is 2.12 bits per heavy atom. The molecule has 12 nitrogen and oxygen atoms in total. The van der Waals surface area contributed by atoms with Crippen molar-refractivity contribution in [3.63, 3.8) is 0 Å². The van der Waals surface area contributed by atoms with Gasteiger partial charge in [-0.25, -0.2) is 9.59 Å². The molecule has 0 aliphatic carbocycles. The summed E-state index contributed by atoms with van der Waals surface area (Å²) < 4.78 is 10.7.